The summed E-state index contributed by atoms with van der Waals surface area (Å²) in [4.78, 5) is 29.6. The predicted molar refractivity (Wildman–Crippen MR) is 110 cm³/mol. The topological polar surface area (TPSA) is 71.1 Å². The largest absolute Gasteiger partial charge is 0.343 e. The van der Waals surface area contributed by atoms with Crippen LogP contribution in [0.4, 0.5) is 0 Å². The number of amides is 2. The van der Waals surface area contributed by atoms with Crippen LogP contribution in [0, 0.1) is 0 Å². The van der Waals surface area contributed by atoms with Gasteiger partial charge in [-0.2, -0.15) is 0 Å². The second-order valence-electron chi connectivity index (χ2n) is 5.93. The van der Waals surface area contributed by atoms with E-state index >= 15 is 0 Å². The number of pyridine rings is 1. The molecule has 0 aliphatic carbocycles. The Hall–Kier alpha value is -2.51. The van der Waals surface area contributed by atoms with Crippen LogP contribution >= 0.6 is 27.3 Å². The monoisotopic (exact) mass is 443 g/mol. The van der Waals surface area contributed by atoms with Gasteiger partial charge in [-0.05, 0) is 58.2 Å². The Balaban J connectivity index is 1.73. The van der Waals surface area contributed by atoms with Crippen LogP contribution in [0.2, 0.25) is 0 Å². The van der Waals surface area contributed by atoms with E-state index in [4.69, 9.17) is 0 Å². The van der Waals surface area contributed by atoms with Crippen molar-refractivity contribution in [2.45, 2.75) is 19.0 Å². The average molecular weight is 444 g/mol. The standard InChI is InChI=1S/C20H18BrN3O2S/c1-13(23-20(26)16-7-8-17(21)27-16)19(25)24-18(14-5-3-2-4-6-14)15-9-11-22-12-10-15/h2-13,18H,1H3,(H,23,26)(H,24,25). The first-order chi connectivity index (χ1) is 13.0. The maximum absolute atomic E-state index is 12.7. The van der Waals surface area contributed by atoms with Crippen molar-refractivity contribution in [1.29, 1.82) is 0 Å². The van der Waals surface area contributed by atoms with Crippen molar-refractivity contribution in [2.24, 2.45) is 0 Å². The van der Waals surface area contributed by atoms with Crippen LogP contribution in [0.3, 0.4) is 0 Å². The molecule has 0 radical (unpaired) electrons. The Morgan fingerprint density at radius 3 is 2.26 bits per heavy atom. The van der Waals surface area contributed by atoms with E-state index in [2.05, 4.69) is 31.5 Å². The first-order valence-electron chi connectivity index (χ1n) is 8.36. The second-order valence-corrected chi connectivity index (χ2v) is 8.39. The van der Waals surface area contributed by atoms with Crippen LogP contribution in [-0.2, 0) is 4.79 Å². The summed E-state index contributed by atoms with van der Waals surface area (Å²) in [6.07, 6.45) is 3.38. The van der Waals surface area contributed by atoms with Crippen molar-refractivity contribution in [3.05, 3.63) is 86.8 Å². The molecular formula is C20H18BrN3O2S. The lowest BCUT2D eigenvalue weighted by atomic mass is 9.99. The fraction of sp³-hybridized carbons (Fsp3) is 0.150. The summed E-state index contributed by atoms with van der Waals surface area (Å²) in [5.74, 6) is -0.529. The molecular weight excluding hydrogens is 426 g/mol. The lowest BCUT2D eigenvalue weighted by molar-refractivity contribution is -0.123. The Labute approximate surface area is 170 Å². The number of carbonyl (C=O) groups excluding carboxylic acids is 2. The van der Waals surface area contributed by atoms with Crippen molar-refractivity contribution in [3.8, 4) is 0 Å². The quantitative estimate of drug-likeness (QED) is 0.606. The fourth-order valence-corrected chi connectivity index (χ4v) is 3.89. The van der Waals surface area contributed by atoms with Gasteiger partial charge < -0.3 is 10.6 Å². The first-order valence-corrected chi connectivity index (χ1v) is 9.97. The van der Waals surface area contributed by atoms with Crippen molar-refractivity contribution >= 4 is 39.1 Å². The summed E-state index contributed by atoms with van der Waals surface area (Å²) in [5.41, 5.74) is 1.88. The van der Waals surface area contributed by atoms with E-state index in [-0.39, 0.29) is 17.9 Å². The number of rotatable bonds is 6. The van der Waals surface area contributed by atoms with Gasteiger partial charge in [-0.1, -0.05) is 30.3 Å². The molecule has 0 aliphatic heterocycles. The Morgan fingerprint density at radius 1 is 0.963 bits per heavy atom. The van der Waals surface area contributed by atoms with E-state index in [9.17, 15) is 9.59 Å². The summed E-state index contributed by atoms with van der Waals surface area (Å²) in [5, 5.41) is 5.77. The molecule has 27 heavy (non-hydrogen) atoms. The zero-order chi connectivity index (χ0) is 19.2. The molecule has 0 saturated carbocycles. The normalized spacial score (nSPS) is 12.8. The van der Waals surface area contributed by atoms with Crippen molar-refractivity contribution in [3.63, 3.8) is 0 Å². The van der Waals surface area contributed by atoms with Gasteiger partial charge in [0.15, 0.2) is 0 Å². The van der Waals surface area contributed by atoms with E-state index in [1.54, 1.807) is 31.5 Å². The third-order valence-corrected chi connectivity index (χ3v) is 5.62. The third-order valence-electron chi connectivity index (χ3n) is 4.00. The minimum Gasteiger partial charge on any atom is -0.343 e. The van der Waals surface area contributed by atoms with E-state index in [1.807, 2.05) is 42.5 Å². The third kappa shape index (κ3) is 5.02. The molecule has 2 amide bonds. The van der Waals surface area contributed by atoms with E-state index in [0.717, 1.165) is 14.9 Å². The molecule has 2 aromatic heterocycles. The number of nitrogens with one attached hydrogen (secondary N) is 2. The molecule has 2 N–H and O–H groups in total. The van der Waals surface area contributed by atoms with Crippen LogP contribution in [0.5, 0.6) is 0 Å². The zero-order valence-electron chi connectivity index (χ0n) is 14.6. The highest BCUT2D eigenvalue weighted by atomic mass is 79.9. The summed E-state index contributed by atoms with van der Waals surface area (Å²) < 4.78 is 0.867. The van der Waals surface area contributed by atoms with E-state index in [1.165, 1.54) is 11.3 Å². The van der Waals surface area contributed by atoms with Crippen molar-refractivity contribution in [2.75, 3.05) is 0 Å². The van der Waals surface area contributed by atoms with Crippen LogP contribution in [0.1, 0.15) is 33.8 Å². The summed E-state index contributed by atoms with van der Waals surface area (Å²) in [6, 6.07) is 16.0. The fourth-order valence-electron chi connectivity index (χ4n) is 2.60. The number of hydrogen-bond donors (Lipinski definition) is 2. The van der Waals surface area contributed by atoms with Gasteiger partial charge in [0, 0.05) is 12.4 Å². The van der Waals surface area contributed by atoms with Crippen LogP contribution < -0.4 is 10.6 Å². The minimum atomic E-state index is -0.675. The molecule has 7 heteroatoms. The molecule has 2 atom stereocenters. The summed E-state index contributed by atoms with van der Waals surface area (Å²) >= 11 is 4.66. The van der Waals surface area contributed by atoms with Gasteiger partial charge in [0.05, 0.1) is 14.7 Å². The van der Waals surface area contributed by atoms with Gasteiger partial charge in [-0.3, -0.25) is 14.6 Å². The molecule has 138 valence electrons. The van der Waals surface area contributed by atoms with Gasteiger partial charge in [-0.25, -0.2) is 0 Å². The Kier molecular flexibility index (Phi) is 6.36. The molecule has 0 bridgehead atoms. The maximum atomic E-state index is 12.7. The number of thiophene rings is 1. The smallest absolute Gasteiger partial charge is 0.262 e. The lowest BCUT2D eigenvalue weighted by Crippen LogP contribution is -2.45. The Bertz CT molecular complexity index is 876. The van der Waals surface area contributed by atoms with Crippen LogP contribution in [0.15, 0.2) is 70.8 Å². The van der Waals surface area contributed by atoms with Crippen molar-refractivity contribution in [1.82, 2.24) is 15.6 Å². The SMILES string of the molecule is CC(NC(=O)c1ccc(Br)s1)C(=O)NC(c1ccccc1)c1ccncc1. The van der Waals surface area contributed by atoms with Crippen LogP contribution in [-0.4, -0.2) is 22.8 Å². The molecule has 0 aliphatic rings. The first kappa shape index (κ1) is 19.3. The molecule has 2 unspecified atom stereocenters. The van der Waals surface area contributed by atoms with Gasteiger partial charge in [-0.15, -0.1) is 11.3 Å². The van der Waals surface area contributed by atoms with Gasteiger partial charge in [0.2, 0.25) is 5.91 Å². The molecule has 0 spiro atoms. The highest BCUT2D eigenvalue weighted by Gasteiger charge is 2.22. The van der Waals surface area contributed by atoms with Gasteiger partial charge >= 0.3 is 0 Å². The molecule has 3 rings (SSSR count). The Morgan fingerprint density at radius 2 is 1.63 bits per heavy atom. The minimum absolute atomic E-state index is 0.260. The number of halogens is 1. The number of benzene rings is 1. The zero-order valence-corrected chi connectivity index (χ0v) is 17.0. The van der Waals surface area contributed by atoms with Crippen molar-refractivity contribution < 1.29 is 9.59 Å². The lowest BCUT2D eigenvalue weighted by Gasteiger charge is -2.22. The molecule has 1 aromatic carbocycles. The molecule has 2 heterocycles. The van der Waals surface area contributed by atoms with Gasteiger partial charge in [0.25, 0.3) is 5.91 Å². The number of carbonyl (C=O) groups is 2. The number of nitrogens with zero attached hydrogens (tertiary/aromatic N) is 1. The second kappa shape index (κ2) is 8.92. The molecule has 0 saturated heterocycles. The average Bonchev–Trinajstić information content (AvgIpc) is 3.13. The maximum Gasteiger partial charge on any atom is 0.262 e. The number of aromatic nitrogens is 1. The molecule has 0 fully saturated rings. The molecule has 3 aromatic rings. The van der Waals surface area contributed by atoms with E-state index < -0.39 is 6.04 Å². The summed E-state index contributed by atoms with van der Waals surface area (Å²) in [7, 11) is 0. The molecule has 5 nitrogen and oxygen atoms in total. The highest BCUT2D eigenvalue weighted by molar-refractivity contribution is 9.11. The predicted octanol–water partition coefficient (Wildman–Crippen LogP) is 3.93. The van der Waals surface area contributed by atoms with E-state index in [0.29, 0.717) is 4.88 Å². The van der Waals surface area contributed by atoms with Gasteiger partial charge in [0.1, 0.15) is 6.04 Å². The summed E-state index contributed by atoms with van der Waals surface area (Å²) in [6.45, 7) is 1.67. The number of hydrogen-bond acceptors (Lipinski definition) is 4. The highest BCUT2D eigenvalue weighted by Crippen LogP contribution is 2.23. The van der Waals surface area contributed by atoms with Crippen LogP contribution in [0.25, 0.3) is 0 Å².